The van der Waals surface area contributed by atoms with Crippen molar-refractivity contribution >= 4 is 58.3 Å². The SMILES string of the molecule is CC(C)(C=O)c1csc(NC(=O)c2ccn3c(=O)c(/C=C/C(=O)O)c(N4CCC[C@@H](OC(N)=O)C4)nc3c2)n1. The van der Waals surface area contributed by atoms with Crippen LogP contribution in [-0.2, 0) is 19.7 Å². The molecule has 4 heterocycles. The van der Waals surface area contributed by atoms with Gasteiger partial charge in [-0.15, -0.1) is 11.3 Å². The van der Waals surface area contributed by atoms with E-state index in [1.54, 1.807) is 24.1 Å². The average Bonchev–Trinajstić information content (AvgIpc) is 3.36. The second kappa shape index (κ2) is 11.0. The van der Waals surface area contributed by atoms with Crippen molar-refractivity contribution in [2.24, 2.45) is 5.73 Å². The Morgan fingerprint density at radius 2 is 2.08 bits per heavy atom. The Balaban J connectivity index is 1.71. The summed E-state index contributed by atoms with van der Waals surface area (Å²) in [6.45, 7) is 4.10. The molecule has 0 spiro atoms. The highest BCUT2D eigenvalue weighted by molar-refractivity contribution is 7.14. The van der Waals surface area contributed by atoms with Crippen molar-refractivity contribution in [1.29, 1.82) is 0 Å². The van der Waals surface area contributed by atoms with Gasteiger partial charge < -0.3 is 25.3 Å². The Morgan fingerprint density at radius 3 is 2.77 bits per heavy atom. The summed E-state index contributed by atoms with van der Waals surface area (Å²) in [5.74, 6) is -1.55. The molecular formula is C25H26N6O7S. The van der Waals surface area contributed by atoms with Crippen LogP contribution in [0.1, 0.15) is 48.3 Å². The molecule has 0 bridgehead atoms. The average molecular weight is 555 g/mol. The number of nitrogens with zero attached hydrogens (tertiary/aromatic N) is 4. The summed E-state index contributed by atoms with van der Waals surface area (Å²) in [5.41, 5.74) is 4.72. The van der Waals surface area contributed by atoms with Crippen molar-refractivity contribution < 1.29 is 29.0 Å². The van der Waals surface area contributed by atoms with Gasteiger partial charge in [0, 0.05) is 29.8 Å². The van der Waals surface area contributed by atoms with Crippen LogP contribution in [0.4, 0.5) is 15.7 Å². The van der Waals surface area contributed by atoms with Crippen LogP contribution in [0.25, 0.3) is 11.7 Å². The molecule has 4 rings (SSSR count). The number of pyridine rings is 1. The fourth-order valence-corrected chi connectivity index (χ4v) is 4.95. The number of anilines is 2. The van der Waals surface area contributed by atoms with Gasteiger partial charge in [-0.05, 0) is 44.9 Å². The normalized spacial score (nSPS) is 15.8. The fourth-order valence-electron chi connectivity index (χ4n) is 4.07. The van der Waals surface area contributed by atoms with Gasteiger partial charge in [0.25, 0.3) is 11.5 Å². The molecule has 39 heavy (non-hydrogen) atoms. The number of aliphatic carboxylic acids is 1. The maximum Gasteiger partial charge on any atom is 0.404 e. The third kappa shape index (κ3) is 6.12. The number of fused-ring (bicyclic) bond motifs is 1. The van der Waals surface area contributed by atoms with E-state index in [-0.39, 0.29) is 29.1 Å². The smallest absolute Gasteiger partial charge is 0.404 e. The molecule has 3 aromatic rings. The Labute approximate surface area is 225 Å². The predicted octanol–water partition coefficient (Wildman–Crippen LogP) is 2.04. The molecule has 4 N–H and O–H groups in total. The number of carboxylic acid groups (broad SMARTS) is 1. The first kappa shape index (κ1) is 27.4. The molecule has 13 nitrogen and oxygen atoms in total. The molecule has 1 aliphatic rings. The fraction of sp³-hybridized carbons (Fsp3) is 0.320. The van der Waals surface area contributed by atoms with Crippen LogP contribution in [0.2, 0.25) is 0 Å². The summed E-state index contributed by atoms with van der Waals surface area (Å²) in [7, 11) is 0. The molecule has 1 atom stereocenters. The van der Waals surface area contributed by atoms with E-state index in [0.29, 0.717) is 30.2 Å². The number of nitrogens with two attached hydrogens (primary N) is 1. The minimum absolute atomic E-state index is 0.0277. The number of hydrogen-bond acceptors (Lipinski definition) is 10. The molecule has 0 aromatic carbocycles. The topological polar surface area (TPSA) is 186 Å². The first-order valence-corrected chi connectivity index (χ1v) is 12.8. The van der Waals surface area contributed by atoms with Gasteiger partial charge in [0.2, 0.25) is 0 Å². The number of primary amides is 1. The van der Waals surface area contributed by atoms with Gasteiger partial charge in [-0.2, -0.15) is 0 Å². The number of carbonyl (C=O) groups excluding carboxylic acids is 3. The highest BCUT2D eigenvalue weighted by Crippen LogP contribution is 2.26. The Kier molecular flexibility index (Phi) is 7.76. The molecule has 0 aliphatic carbocycles. The summed E-state index contributed by atoms with van der Waals surface area (Å²) >= 11 is 1.18. The maximum absolute atomic E-state index is 13.4. The minimum atomic E-state index is -1.24. The number of carboxylic acids is 1. The summed E-state index contributed by atoms with van der Waals surface area (Å²) in [6.07, 6.45) is 3.89. The monoisotopic (exact) mass is 554 g/mol. The van der Waals surface area contributed by atoms with Crippen molar-refractivity contribution in [3.8, 4) is 0 Å². The van der Waals surface area contributed by atoms with Gasteiger partial charge in [-0.25, -0.2) is 19.6 Å². The van der Waals surface area contributed by atoms with Crippen LogP contribution in [0.15, 0.2) is 34.6 Å². The van der Waals surface area contributed by atoms with E-state index >= 15 is 0 Å². The zero-order valence-corrected chi connectivity index (χ0v) is 21.9. The van der Waals surface area contributed by atoms with Crippen molar-refractivity contribution in [2.45, 2.75) is 38.2 Å². The first-order valence-electron chi connectivity index (χ1n) is 11.9. The highest BCUT2D eigenvalue weighted by atomic mass is 32.1. The van der Waals surface area contributed by atoms with Crippen LogP contribution in [0.3, 0.4) is 0 Å². The van der Waals surface area contributed by atoms with E-state index in [0.717, 1.165) is 12.4 Å². The van der Waals surface area contributed by atoms with Crippen LogP contribution in [0.5, 0.6) is 0 Å². The molecule has 14 heteroatoms. The van der Waals surface area contributed by atoms with Gasteiger partial charge in [0.1, 0.15) is 23.9 Å². The second-order valence-corrected chi connectivity index (χ2v) is 10.3. The van der Waals surface area contributed by atoms with Gasteiger partial charge in [0.15, 0.2) is 5.13 Å². The summed E-state index contributed by atoms with van der Waals surface area (Å²) in [5, 5.41) is 13.8. The lowest BCUT2D eigenvalue weighted by atomic mass is 9.92. The third-order valence-electron chi connectivity index (χ3n) is 6.14. The number of carbonyl (C=O) groups is 4. The Bertz CT molecular complexity index is 1540. The maximum atomic E-state index is 13.4. The zero-order valence-electron chi connectivity index (χ0n) is 21.1. The molecule has 3 aromatic heterocycles. The number of amides is 2. The number of thiazole rings is 1. The van der Waals surface area contributed by atoms with E-state index in [1.807, 2.05) is 0 Å². The van der Waals surface area contributed by atoms with Crippen LogP contribution in [0, 0.1) is 0 Å². The number of aldehydes is 1. The van der Waals surface area contributed by atoms with E-state index in [1.165, 1.54) is 40.1 Å². The number of hydrogen-bond donors (Lipinski definition) is 3. The van der Waals surface area contributed by atoms with Crippen LogP contribution in [-0.4, -0.2) is 62.9 Å². The third-order valence-corrected chi connectivity index (χ3v) is 6.90. The molecule has 1 fully saturated rings. The number of aromatic nitrogens is 3. The lowest BCUT2D eigenvalue weighted by Crippen LogP contribution is -2.43. The van der Waals surface area contributed by atoms with E-state index in [2.05, 4.69) is 15.3 Å². The van der Waals surface area contributed by atoms with Crippen molar-refractivity contribution in [3.05, 3.63) is 57.0 Å². The van der Waals surface area contributed by atoms with Crippen LogP contribution >= 0.6 is 11.3 Å². The molecule has 2 amide bonds. The van der Waals surface area contributed by atoms with E-state index in [4.69, 9.17) is 15.6 Å². The van der Waals surface area contributed by atoms with Gasteiger partial charge >= 0.3 is 12.1 Å². The zero-order chi connectivity index (χ0) is 28.3. The lowest BCUT2D eigenvalue weighted by Gasteiger charge is -2.33. The number of nitrogens with one attached hydrogen (secondary N) is 1. The number of rotatable bonds is 8. The van der Waals surface area contributed by atoms with Crippen molar-refractivity contribution in [3.63, 3.8) is 0 Å². The quantitative estimate of drug-likeness (QED) is 0.275. The highest BCUT2D eigenvalue weighted by Gasteiger charge is 2.27. The van der Waals surface area contributed by atoms with Crippen molar-refractivity contribution in [1.82, 2.24) is 14.4 Å². The van der Waals surface area contributed by atoms with E-state index in [9.17, 15) is 24.0 Å². The molecular weight excluding hydrogens is 528 g/mol. The summed E-state index contributed by atoms with van der Waals surface area (Å²) in [6, 6.07) is 2.85. The molecule has 204 valence electrons. The molecule has 1 saturated heterocycles. The van der Waals surface area contributed by atoms with Gasteiger partial charge in [-0.3, -0.25) is 19.3 Å². The lowest BCUT2D eigenvalue weighted by molar-refractivity contribution is -0.131. The number of ether oxygens (including phenoxy) is 1. The standard InChI is InChI=1S/C25H26N6O7S/c1-25(2,13-32)17-12-39-24(27-17)29-21(35)14-7-9-31-18(10-14)28-20(16(22(31)36)5-6-19(33)34)30-8-3-4-15(11-30)38-23(26)37/h5-7,9-10,12-13,15H,3-4,8,11H2,1-2H3,(H2,26,37)(H,33,34)(H,27,29,35)/b6-5+/t15-/m1/s1. The number of piperidine rings is 1. The largest absolute Gasteiger partial charge is 0.478 e. The molecule has 0 saturated carbocycles. The van der Waals surface area contributed by atoms with Crippen LogP contribution < -0.4 is 21.5 Å². The predicted molar refractivity (Wildman–Crippen MR) is 143 cm³/mol. The molecule has 0 unspecified atom stereocenters. The Hall–Kier alpha value is -4.59. The van der Waals surface area contributed by atoms with Gasteiger partial charge in [0.05, 0.1) is 23.2 Å². The minimum Gasteiger partial charge on any atom is -0.478 e. The molecule has 1 aliphatic heterocycles. The van der Waals surface area contributed by atoms with Crippen molar-refractivity contribution in [2.75, 3.05) is 23.3 Å². The van der Waals surface area contributed by atoms with Gasteiger partial charge in [-0.1, -0.05) is 0 Å². The summed E-state index contributed by atoms with van der Waals surface area (Å²) in [4.78, 5) is 70.7. The molecule has 0 radical (unpaired) electrons. The first-order chi connectivity index (χ1) is 18.5. The Morgan fingerprint density at radius 1 is 1.31 bits per heavy atom. The van der Waals surface area contributed by atoms with E-state index < -0.39 is 35.0 Å². The summed E-state index contributed by atoms with van der Waals surface area (Å²) < 4.78 is 6.34. The second-order valence-electron chi connectivity index (χ2n) is 9.45.